The molecule has 1 aliphatic carbocycles. The summed E-state index contributed by atoms with van der Waals surface area (Å²) in [4.78, 5) is 11.1. The molecule has 1 heterocycles. The van der Waals surface area contributed by atoms with E-state index >= 15 is 0 Å². The lowest BCUT2D eigenvalue weighted by Crippen LogP contribution is -2.62. The predicted molar refractivity (Wildman–Crippen MR) is 77.2 cm³/mol. The summed E-state index contributed by atoms with van der Waals surface area (Å²) in [6.45, 7) is -0.305. The van der Waals surface area contributed by atoms with Crippen LogP contribution in [0.5, 0.6) is 0 Å². The van der Waals surface area contributed by atoms with Gasteiger partial charge in [-0.3, -0.25) is 10.1 Å². The number of rotatable bonds is 2. The molecule has 1 aromatic carbocycles. The van der Waals surface area contributed by atoms with Crippen LogP contribution >= 0.6 is 0 Å². The minimum absolute atomic E-state index is 0.0132. The second-order valence-electron chi connectivity index (χ2n) is 5.73. The van der Waals surface area contributed by atoms with Gasteiger partial charge in [0.05, 0.1) is 6.61 Å². The number of aliphatic hydroxyl groups is 1. The molecule has 122 valence electrons. The maximum atomic E-state index is 13.9. The van der Waals surface area contributed by atoms with Gasteiger partial charge in [0.15, 0.2) is 6.29 Å². The summed E-state index contributed by atoms with van der Waals surface area (Å²) in [5.41, 5.74) is -2.09. The molecule has 0 saturated heterocycles. The molecule has 23 heavy (non-hydrogen) atoms. The Hall–Kier alpha value is -2.04. The molecule has 1 aromatic rings. The number of anilines is 1. The van der Waals surface area contributed by atoms with Crippen LogP contribution in [0.15, 0.2) is 18.2 Å². The average Bonchev–Trinajstić information content (AvgIpc) is 3.34. The number of halogens is 3. The van der Waals surface area contributed by atoms with Gasteiger partial charge in [-0.1, -0.05) is 24.0 Å². The largest absolute Gasteiger partial charge is 0.422 e. The van der Waals surface area contributed by atoms with Crippen LogP contribution in [0.1, 0.15) is 24.0 Å². The van der Waals surface area contributed by atoms with Gasteiger partial charge in [0.2, 0.25) is 5.54 Å². The smallest absolute Gasteiger partial charge is 0.392 e. The van der Waals surface area contributed by atoms with Gasteiger partial charge in [0.1, 0.15) is 6.17 Å². The summed E-state index contributed by atoms with van der Waals surface area (Å²) >= 11 is 0. The van der Waals surface area contributed by atoms with E-state index in [9.17, 15) is 23.1 Å². The highest BCUT2D eigenvalue weighted by Gasteiger charge is 2.59. The number of hydrogen-bond acceptors (Lipinski definition) is 4. The lowest BCUT2D eigenvalue weighted by atomic mass is 9.85. The SMILES string of the molecule is O=CC1Nc2cc(CO)ccc2[C@@](C#CC2CC2)(C(F)(F)F)N1. The van der Waals surface area contributed by atoms with Crippen molar-refractivity contribution in [2.75, 3.05) is 5.32 Å². The van der Waals surface area contributed by atoms with Gasteiger partial charge in [-0.25, -0.2) is 0 Å². The summed E-state index contributed by atoms with van der Waals surface area (Å²) < 4.78 is 41.6. The zero-order valence-corrected chi connectivity index (χ0v) is 12.1. The molecular weight excluding hydrogens is 309 g/mol. The summed E-state index contributed by atoms with van der Waals surface area (Å²) in [6, 6.07) is 4.12. The Labute approximate surface area is 131 Å². The van der Waals surface area contributed by atoms with Crippen molar-refractivity contribution in [2.45, 2.75) is 37.3 Å². The van der Waals surface area contributed by atoms with Crippen molar-refractivity contribution in [1.82, 2.24) is 5.32 Å². The molecule has 0 radical (unpaired) electrons. The van der Waals surface area contributed by atoms with Gasteiger partial charge in [0, 0.05) is 17.2 Å². The Kier molecular flexibility index (Phi) is 3.82. The Morgan fingerprint density at radius 3 is 2.70 bits per heavy atom. The molecule has 3 N–H and O–H groups in total. The molecule has 2 aliphatic rings. The number of carbonyl (C=O) groups is 1. The molecule has 1 unspecified atom stereocenters. The standard InChI is InChI=1S/C16H15F3N2O2/c17-16(18,19)15(6-5-10-1-2-10)12-4-3-11(8-22)7-13(12)20-14(9-23)21-15/h3-4,7,9-10,14,20-22H,1-2,8H2/t14?,15-/m0/s1. The van der Waals surface area contributed by atoms with E-state index in [1.807, 2.05) is 0 Å². The monoisotopic (exact) mass is 324 g/mol. The molecule has 0 aromatic heterocycles. The summed E-state index contributed by atoms with van der Waals surface area (Å²) in [6.07, 6.45) is -3.95. The first kappa shape index (κ1) is 15.8. The van der Waals surface area contributed by atoms with Crippen LogP contribution in [-0.4, -0.2) is 23.7 Å². The number of aliphatic hydroxyl groups excluding tert-OH is 1. The van der Waals surface area contributed by atoms with E-state index in [0.29, 0.717) is 11.8 Å². The van der Waals surface area contributed by atoms with Crippen molar-refractivity contribution in [3.8, 4) is 11.8 Å². The highest BCUT2D eigenvalue weighted by molar-refractivity contribution is 5.71. The number of nitrogens with one attached hydrogen (secondary N) is 2. The fourth-order valence-electron chi connectivity index (χ4n) is 2.57. The van der Waals surface area contributed by atoms with Crippen molar-refractivity contribution < 1.29 is 23.1 Å². The molecule has 3 rings (SSSR count). The van der Waals surface area contributed by atoms with Crippen LogP contribution in [0.25, 0.3) is 0 Å². The molecule has 1 saturated carbocycles. The van der Waals surface area contributed by atoms with E-state index in [-0.39, 0.29) is 23.8 Å². The third kappa shape index (κ3) is 2.80. The summed E-state index contributed by atoms with van der Waals surface area (Å²) in [7, 11) is 0. The van der Waals surface area contributed by atoms with Crippen LogP contribution in [0.4, 0.5) is 18.9 Å². The summed E-state index contributed by atoms with van der Waals surface area (Å²) in [5.74, 6) is 5.00. The van der Waals surface area contributed by atoms with Gasteiger partial charge >= 0.3 is 6.18 Å². The summed E-state index contributed by atoms with van der Waals surface area (Å²) in [5, 5.41) is 14.2. The van der Waals surface area contributed by atoms with E-state index < -0.39 is 17.9 Å². The number of fused-ring (bicyclic) bond motifs is 1. The highest BCUT2D eigenvalue weighted by atomic mass is 19.4. The Morgan fingerprint density at radius 1 is 1.39 bits per heavy atom. The second-order valence-corrected chi connectivity index (χ2v) is 5.73. The number of hydrogen-bond donors (Lipinski definition) is 3. The molecular formula is C16H15F3N2O2. The van der Waals surface area contributed by atoms with E-state index in [1.165, 1.54) is 18.2 Å². The Morgan fingerprint density at radius 2 is 2.13 bits per heavy atom. The molecule has 4 nitrogen and oxygen atoms in total. The molecule has 7 heteroatoms. The Balaban J connectivity index is 2.18. The quantitative estimate of drug-likeness (QED) is 0.574. The van der Waals surface area contributed by atoms with Gasteiger partial charge in [0.25, 0.3) is 0 Å². The zero-order chi connectivity index (χ0) is 16.7. The third-order valence-corrected chi connectivity index (χ3v) is 3.96. The lowest BCUT2D eigenvalue weighted by Gasteiger charge is -2.40. The van der Waals surface area contributed by atoms with Crippen LogP contribution < -0.4 is 10.6 Å². The highest BCUT2D eigenvalue weighted by Crippen LogP contribution is 2.45. The van der Waals surface area contributed by atoms with E-state index in [1.54, 1.807) is 0 Å². The third-order valence-electron chi connectivity index (χ3n) is 3.96. The molecule has 1 fully saturated rings. The zero-order valence-electron chi connectivity index (χ0n) is 12.1. The maximum absolute atomic E-state index is 13.9. The average molecular weight is 324 g/mol. The second kappa shape index (κ2) is 5.55. The molecule has 0 bridgehead atoms. The first-order chi connectivity index (χ1) is 10.9. The normalized spacial score (nSPS) is 26.5. The minimum atomic E-state index is -4.70. The molecule has 0 spiro atoms. The van der Waals surface area contributed by atoms with Crippen LogP contribution in [-0.2, 0) is 16.9 Å². The van der Waals surface area contributed by atoms with Gasteiger partial charge in [-0.15, -0.1) is 0 Å². The number of aldehydes is 1. The first-order valence-corrected chi connectivity index (χ1v) is 7.23. The van der Waals surface area contributed by atoms with Crippen molar-refractivity contribution >= 4 is 12.0 Å². The predicted octanol–water partition coefficient (Wildman–Crippen LogP) is 1.89. The van der Waals surface area contributed by atoms with E-state index in [2.05, 4.69) is 22.5 Å². The van der Waals surface area contributed by atoms with E-state index in [4.69, 9.17) is 0 Å². The molecule has 2 atom stereocenters. The van der Waals surface area contributed by atoms with Gasteiger partial charge in [-0.05, 0) is 24.5 Å². The van der Waals surface area contributed by atoms with Crippen molar-refractivity contribution in [2.24, 2.45) is 5.92 Å². The van der Waals surface area contributed by atoms with Crippen LogP contribution in [0.3, 0.4) is 0 Å². The van der Waals surface area contributed by atoms with Crippen LogP contribution in [0.2, 0.25) is 0 Å². The maximum Gasteiger partial charge on any atom is 0.422 e. The minimum Gasteiger partial charge on any atom is -0.392 e. The van der Waals surface area contributed by atoms with Gasteiger partial charge < -0.3 is 10.4 Å². The van der Waals surface area contributed by atoms with Crippen molar-refractivity contribution in [3.05, 3.63) is 29.3 Å². The molecule has 1 aliphatic heterocycles. The van der Waals surface area contributed by atoms with Crippen molar-refractivity contribution in [1.29, 1.82) is 0 Å². The fraction of sp³-hybridized carbons (Fsp3) is 0.438. The molecule has 0 amide bonds. The first-order valence-electron chi connectivity index (χ1n) is 7.23. The number of benzene rings is 1. The van der Waals surface area contributed by atoms with E-state index in [0.717, 1.165) is 12.8 Å². The van der Waals surface area contributed by atoms with Crippen molar-refractivity contribution in [3.63, 3.8) is 0 Å². The number of alkyl halides is 3. The lowest BCUT2D eigenvalue weighted by molar-refractivity contribution is -0.184. The topological polar surface area (TPSA) is 61.4 Å². The fourth-order valence-corrected chi connectivity index (χ4v) is 2.57. The van der Waals surface area contributed by atoms with Crippen LogP contribution in [0, 0.1) is 17.8 Å². The Bertz CT molecular complexity index is 689. The number of carbonyl (C=O) groups excluding carboxylic acids is 1. The van der Waals surface area contributed by atoms with Gasteiger partial charge in [-0.2, -0.15) is 13.2 Å².